The van der Waals surface area contributed by atoms with Crippen LogP contribution in [-0.2, 0) is 6.54 Å². The molecule has 5 heteroatoms. The summed E-state index contributed by atoms with van der Waals surface area (Å²) in [6.07, 6.45) is 6.69. The molecule has 0 atom stereocenters. The van der Waals surface area contributed by atoms with Gasteiger partial charge in [-0.1, -0.05) is 19.0 Å². The standard InChI is InChI=1S/C15H24N4O/c1-15(2)6-3-12(4-7-15)18-10-11-5-8-17-13(9-11)14(16)19-20/h5,8-9,12,18,20H,3-4,6-7,10H2,1-2H3,(H2,16,19). The van der Waals surface area contributed by atoms with Gasteiger partial charge in [-0.05, 0) is 48.8 Å². The minimum absolute atomic E-state index is 0.0475. The Hall–Kier alpha value is -1.62. The van der Waals surface area contributed by atoms with E-state index in [-0.39, 0.29) is 5.84 Å². The maximum Gasteiger partial charge on any atom is 0.188 e. The molecule has 1 aliphatic rings. The summed E-state index contributed by atoms with van der Waals surface area (Å²) in [5, 5.41) is 15.2. The van der Waals surface area contributed by atoms with E-state index in [1.54, 1.807) is 6.20 Å². The SMILES string of the molecule is CC1(C)CCC(NCc2ccnc(C(N)=NO)c2)CC1. The smallest absolute Gasteiger partial charge is 0.188 e. The summed E-state index contributed by atoms with van der Waals surface area (Å²) >= 11 is 0. The molecule has 0 aromatic carbocycles. The molecule has 0 aliphatic heterocycles. The van der Waals surface area contributed by atoms with Crippen LogP contribution >= 0.6 is 0 Å². The highest BCUT2D eigenvalue weighted by Crippen LogP contribution is 2.35. The van der Waals surface area contributed by atoms with Crippen LogP contribution in [0.15, 0.2) is 23.5 Å². The Morgan fingerprint density at radius 3 is 2.85 bits per heavy atom. The van der Waals surface area contributed by atoms with Gasteiger partial charge in [-0.25, -0.2) is 0 Å². The second-order valence-electron chi connectivity index (χ2n) is 6.35. The third-order valence-electron chi connectivity index (χ3n) is 4.13. The van der Waals surface area contributed by atoms with Gasteiger partial charge in [0.25, 0.3) is 0 Å². The predicted molar refractivity (Wildman–Crippen MR) is 79.6 cm³/mol. The summed E-state index contributed by atoms with van der Waals surface area (Å²) in [5.74, 6) is 0.0475. The Morgan fingerprint density at radius 2 is 2.20 bits per heavy atom. The molecule has 1 aromatic rings. The molecule has 5 nitrogen and oxygen atoms in total. The van der Waals surface area contributed by atoms with Gasteiger partial charge in [0.2, 0.25) is 0 Å². The van der Waals surface area contributed by atoms with Crippen LogP contribution in [0.2, 0.25) is 0 Å². The van der Waals surface area contributed by atoms with Gasteiger partial charge in [0, 0.05) is 18.8 Å². The van der Waals surface area contributed by atoms with Gasteiger partial charge in [-0.2, -0.15) is 0 Å². The van der Waals surface area contributed by atoms with E-state index < -0.39 is 0 Å². The van der Waals surface area contributed by atoms with Crippen molar-refractivity contribution in [3.05, 3.63) is 29.6 Å². The van der Waals surface area contributed by atoms with Gasteiger partial charge in [0.1, 0.15) is 5.69 Å². The minimum Gasteiger partial charge on any atom is -0.409 e. The first-order valence-electron chi connectivity index (χ1n) is 7.16. The molecule has 0 amide bonds. The normalized spacial score (nSPS) is 20.0. The van der Waals surface area contributed by atoms with Crippen molar-refractivity contribution in [2.45, 2.75) is 52.1 Å². The second kappa shape index (κ2) is 6.22. The van der Waals surface area contributed by atoms with Crippen LogP contribution in [0.5, 0.6) is 0 Å². The zero-order valence-corrected chi connectivity index (χ0v) is 12.3. The first-order valence-corrected chi connectivity index (χ1v) is 7.16. The third-order valence-corrected chi connectivity index (χ3v) is 4.13. The molecule has 0 saturated heterocycles. The third kappa shape index (κ3) is 3.93. The average Bonchev–Trinajstić information content (AvgIpc) is 2.45. The number of nitrogens with one attached hydrogen (secondary N) is 1. The van der Waals surface area contributed by atoms with Crippen LogP contribution in [0.4, 0.5) is 0 Å². The molecule has 1 fully saturated rings. The molecule has 1 saturated carbocycles. The minimum atomic E-state index is 0.0475. The number of amidine groups is 1. The van der Waals surface area contributed by atoms with Gasteiger partial charge in [0.15, 0.2) is 5.84 Å². The largest absolute Gasteiger partial charge is 0.409 e. The fourth-order valence-corrected chi connectivity index (χ4v) is 2.64. The first-order chi connectivity index (χ1) is 9.50. The van der Waals surface area contributed by atoms with E-state index in [1.165, 1.54) is 25.7 Å². The lowest BCUT2D eigenvalue weighted by molar-refractivity contribution is 0.206. The van der Waals surface area contributed by atoms with Crippen molar-refractivity contribution in [2.24, 2.45) is 16.3 Å². The highest BCUT2D eigenvalue weighted by atomic mass is 16.4. The summed E-state index contributed by atoms with van der Waals surface area (Å²) < 4.78 is 0. The van der Waals surface area contributed by atoms with Crippen molar-refractivity contribution in [3.8, 4) is 0 Å². The molecule has 1 aromatic heterocycles. The van der Waals surface area contributed by atoms with Gasteiger partial charge < -0.3 is 16.3 Å². The van der Waals surface area contributed by atoms with Crippen LogP contribution in [0, 0.1) is 5.41 Å². The molecule has 20 heavy (non-hydrogen) atoms. The molecule has 0 spiro atoms. The Balaban J connectivity index is 1.88. The summed E-state index contributed by atoms with van der Waals surface area (Å²) in [5.41, 5.74) is 7.66. The van der Waals surface area contributed by atoms with Gasteiger partial charge in [-0.3, -0.25) is 4.98 Å². The summed E-state index contributed by atoms with van der Waals surface area (Å²) in [6.45, 7) is 5.48. The molecule has 1 aliphatic carbocycles. The van der Waals surface area contributed by atoms with E-state index in [0.717, 1.165) is 12.1 Å². The number of hydrogen-bond donors (Lipinski definition) is 3. The predicted octanol–water partition coefficient (Wildman–Crippen LogP) is 2.23. The monoisotopic (exact) mass is 276 g/mol. The number of oxime groups is 1. The Morgan fingerprint density at radius 1 is 1.50 bits per heavy atom. The van der Waals surface area contributed by atoms with Crippen molar-refractivity contribution in [3.63, 3.8) is 0 Å². The van der Waals surface area contributed by atoms with E-state index in [4.69, 9.17) is 10.9 Å². The summed E-state index contributed by atoms with van der Waals surface area (Å²) in [7, 11) is 0. The average molecular weight is 276 g/mol. The number of nitrogens with zero attached hydrogens (tertiary/aromatic N) is 2. The molecule has 2 rings (SSSR count). The Bertz CT molecular complexity index is 475. The van der Waals surface area contributed by atoms with Crippen molar-refractivity contribution in [2.75, 3.05) is 0 Å². The number of hydrogen-bond acceptors (Lipinski definition) is 4. The fraction of sp³-hybridized carbons (Fsp3) is 0.600. The number of rotatable bonds is 4. The summed E-state index contributed by atoms with van der Waals surface area (Å²) in [4.78, 5) is 4.08. The van der Waals surface area contributed by atoms with Gasteiger partial charge in [-0.15, -0.1) is 0 Å². The van der Waals surface area contributed by atoms with Gasteiger partial charge in [0.05, 0.1) is 0 Å². The highest BCUT2D eigenvalue weighted by Gasteiger charge is 2.26. The Labute approximate surface area is 120 Å². The molecular weight excluding hydrogens is 252 g/mol. The number of aromatic nitrogens is 1. The van der Waals surface area contributed by atoms with E-state index in [9.17, 15) is 0 Å². The van der Waals surface area contributed by atoms with Crippen LogP contribution in [0.25, 0.3) is 0 Å². The quantitative estimate of drug-likeness (QED) is 0.341. The fourth-order valence-electron chi connectivity index (χ4n) is 2.64. The summed E-state index contributed by atoms with van der Waals surface area (Å²) in [6, 6.07) is 4.39. The number of nitrogens with two attached hydrogens (primary N) is 1. The molecule has 4 N–H and O–H groups in total. The zero-order valence-electron chi connectivity index (χ0n) is 12.3. The lowest BCUT2D eigenvalue weighted by atomic mass is 9.75. The van der Waals surface area contributed by atoms with Gasteiger partial charge >= 0.3 is 0 Å². The van der Waals surface area contributed by atoms with Crippen LogP contribution < -0.4 is 11.1 Å². The molecule has 110 valence electrons. The van der Waals surface area contributed by atoms with Crippen LogP contribution in [0.3, 0.4) is 0 Å². The zero-order chi connectivity index (χ0) is 14.6. The molecule has 0 bridgehead atoms. The highest BCUT2D eigenvalue weighted by molar-refractivity contribution is 5.95. The topological polar surface area (TPSA) is 83.5 Å². The first kappa shape index (κ1) is 14.8. The maximum atomic E-state index is 8.67. The number of pyridine rings is 1. The molecule has 0 unspecified atom stereocenters. The van der Waals surface area contributed by atoms with E-state index in [0.29, 0.717) is 17.2 Å². The van der Waals surface area contributed by atoms with E-state index >= 15 is 0 Å². The Kier molecular flexibility index (Phi) is 4.60. The lowest BCUT2D eigenvalue weighted by Crippen LogP contribution is -2.35. The van der Waals surface area contributed by atoms with Crippen molar-refractivity contribution in [1.82, 2.24) is 10.3 Å². The van der Waals surface area contributed by atoms with E-state index in [1.807, 2.05) is 12.1 Å². The van der Waals surface area contributed by atoms with E-state index in [2.05, 4.69) is 29.3 Å². The molecular formula is C15H24N4O. The second-order valence-corrected chi connectivity index (χ2v) is 6.35. The molecule has 1 heterocycles. The maximum absolute atomic E-state index is 8.67. The van der Waals surface area contributed by atoms with Crippen molar-refractivity contribution < 1.29 is 5.21 Å². The van der Waals surface area contributed by atoms with Crippen molar-refractivity contribution in [1.29, 1.82) is 0 Å². The van der Waals surface area contributed by atoms with Crippen LogP contribution in [0.1, 0.15) is 50.8 Å². The lowest BCUT2D eigenvalue weighted by Gasteiger charge is -2.34. The molecule has 0 radical (unpaired) electrons. The van der Waals surface area contributed by atoms with Crippen LogP contribution in [-0.4, -0.2) is 22.1 Å². The van der Waals surface area contributed by atoms with Crippen molar-refractivity contribution >= 4 is 5.84 Å².